The fourth-order valence-corrected chi connectivity index (χ4v) is 5.56. The van der Waals surface area contributed by atoms with Gasteiger partial charge >= 0.3 is 6.01 Å². The van der Waals surface area contributed by atoms with Gasteiger partial charge < -0.3 is 25.2 Å². The lowest BCUT2D eigenvalue weighted by Crippen LogP contribution is -2.67. The van der Waals surface area contributed by atoms with Crippen molar-refractivity contribution in [1.29, 1.82) is 5.26 Å². The summed E-state index contributed by atoms with van der Waals surface area (Å²) in [7, 11) is 0. The van der Waals surface area contributed by atoms with Crippen LogP contribution in [0, 0.1) is 35.0 Å². The number of anilines is 2. The molecule has 190 valence electrons. The van der Waals surface area contributed by atoms with Gasteiger partial charge in [0.25, 0.3) is 0 Å². The van der Waals surface area contributed by atoms with E-state index >= 15 is 0 Å². The monoisotopic (exact) mass is 492 g/mol. The van der Waals surface area contributed by atoms with E-state index in [1.54, 1.807) is 6.20 Å². The Hall–Kier alpha value is -3.23. The minimum Gasteiger partial charge on any atom is -0.488 e. The zero-order valence-electron chi connectivity index (χ0n) is 20.2. The lowest BCUT2D eigenvalue weighted by atomic mass is 9.50. The van der Waals surface area contributed by atoms with Crippen molar-refractivity contribution in [3.8, 4) is 17.8 Å². The average Bonchev–Trinajstić information content (AvgIpc) is 3.62. The molecule has 1 unspecified atom stereocenters. The van der Waals surface area contributed by atoms with Crippen molar-refractivity contribution in [1.82, 2.24) is 25.3 Å². The lowest BCUT2D eigenvalue weighted by Gasteiger charge is -2.62. The van der Waals surface area contributed by atoms with Crippen LogP contribution in [0.1, 0.15) is 50.4 Å². The number of nitrogen functional groups attached to an aromatic ring is 1. The molecule has 4 aliphatic carbocycles. The Balaban J connectivity index is 1.10. The highest BCUT2D eigenvalue weighted by Crippen LogP contribution is 2.57. The molecule has 11 heteroatoms. The smallest absolute Gasteiger partial charge is 0.318 e. The number of aliphatic hydroxyl groups excluding tert-OH is 1. The second-order valence-corrected chi connectivity index (χ2v) is 10.8. The first-order chi connectivity index (χ1) is 17.5. The van der Waals surface area contributed by atoms with Crippen LogP contribution in [0.25, 0.3) is 0 Å². The van der Waals surface area contributed by atoms with Crippen molar-refractivity contribution < 1.29 is 14.6 Å². The van der Waals surface area contributed by atoms with Crippen LogP contribution in [0.3, 0.4) is 0 Å². The van der Waals surface area contributed by atoms with Gasteiger partial charge in [0, 0.05) is 30.6 Å². The normalized spacial score (nSPS) is 29.4. The van der Waals surface area contributed by atoms with E-state index in [0.717, 1.165) is 63.4 Å². The van der Waals surface area contributed by atoms with Crippen LogP contribution < -0.4 is 25.4 Å². The summed E-state index contributed by atoms with van der Waals surface area (Å²) in [5.74, 6) is 3.10. The van der Waals surface area contributed by atoms with Gasteiger partial charge in [0.2, 0.25) is 0 Å². The van der Waals surface area contributed by atoms with Crippen LogP contribution in [-0.2, 0) is 0 Å². The van der Waals surface area contributed by atoms with Gasteiger partial charge in [-0.2, -0.15) is 15.2 Å². The number of nitrogens with two attached hydrogens (primary N) is 1. The predicted molar refractivity (Wildman–Crippen MR) is 130 cm³/mol. The number of aromatic nitrogens is 4. The Morgan fingerprint density at radius 2 is 2.03 bits per heavy atom. The Kier molecular flexibility index (Phi) is 6.01. The van der Waals surface area contributed by atoms with Gasteiger partial charge in [-0.25, -0.2) is 9.97 Å². The number of ether oxygens (including phenoxy) is 2. The Bertz CT molecular complexity index is 1130. The van der Waals surface area contributed by atoms with E-state index in [4.69, 9.17) is 20.5 Å². The maximum atomic E-state index is 11.0. The molecule has 0 aromatic carbocycles. The van der Waals surface area contributed by atoms with Crippen LogP contribution in [0.5, 0.6) is 11.8 Å². The molecule has 1 saturated heterocycles. The highest BCUT2D eigenvalue weighted by Gasteiger charge is 2.57. The van der Waals surface area contributed by atoms with E-state index in [1.807, 2.05) is 6.07 Å². The molecule has 5 aliphatic rings. The Morgan fingerprint density at radius 1 is 1.22 bits per heavy atom. The van der Waals surface area contributed by atoms with Gasteiger partial charge in [-0.3, -0.25) is 5.32 Å². The van der Waals surface area contributed by atoms with Crippen molar-refractivity contribution in [3.63, 3.8) is 0 Å². The van der Waals surface area contributed by atoms with E-state index in [0.29, 0.717) is 36.4 Å². The lowest BCUT2D eigenvalue weighted by molar-refractivity contribution is -0.0881. The van der Waals surface area contributed by atoms with E-state index < -0.39 is 6.23 Å². The maximum Gasteiger partial charge on any atom is 0.318 e. The third kappa shape index (κ3) is 4.75. The zero-order chi connectivity index (χ0) is 24.7. The largest absolute Gasteiger partial charge is 0.488 e. The summed E-state index contributed by atoms with van der Waals surface area (Å²) in [6, 6.07) is 4.41. The molecule has 0 radical (unpaired) electrons. The summed E-state index contributed by atoms with van der Waals surface area (Å²) in [6.45, 7) is 2.59. The van der Waals surface area contributed by atoms with Gasteiger partial charge in [-0.15, -0.1) is 0 Å². The maximum absolute atomic E-state index is 11.0. The number of aliphatic hydroxyl groups is 1. The molecule has 0 spiro atoms. The highest BCUT2D eigenvalue weighted by molar-refractivity contribution is 5.43. The number of piperidine rings is 1. The van der Waals surface area contributed by atoms with Gasteiger partial charge in [0.15, 0.2) is 11.6 Å². The predicted octanol–water partition coefficient (Wildman–Crippen LogP) is 1.82. The molecule has 2 bridgehead atoms. The molecule has 3 atom stereocenters. The number of nitriles is 1. The number of nitrogens with zero attached hydrogens (tertiary/aromatic N) is 6. The zero-order valence-corrected chi connectivity index (χ0v) is 20.2. The van der Waals surface area contributed by atoms with Gasteiger partial charge in [0.1, 0.15) is 18.4 Å². The fraction of sp³-hybridized carbons (Fsp3) is 0.640. The molecular weight excluding hydrogens is 460 g/mol. The number of hydrogen-bond acceptors (Lipinski definition) is 11. The minimum absolute atomic E-state index is 0.0586. The number of hydrogen-bond donors (Lipinski definition) is 3. The molecule has 2 aromatic rings. The molecule has 7 rings (SSSR count). The third-order valence-corrected chi connectivity index (χ3v) is 8.11. The summed E-state index contributed by atoms with van der Waals surface area (Å²) in [4.78, 5) is 19.3. The molecular formula is C25H32N8O3. The van der Waals surface area contributed by atoms with E-state index in [-0.39, 0.29) is 23.4 Å². The van der Waals surface area contributed by atoms with E-state index in [1.165, 1.54) is 6.33 Å². The first kappa shape index (κ1) is 23.2. The van der Waals surface area contributed by atoms with Crippen LogP contribution in [-0.4, -0.2) is 56.9 Å². The molecule has 3 heterocycles. The van der Waals surface area contributed by atoms with Crippen molar-refractivity contribution in [2.75, 3.05) is 36.9 Å². The first-order valence-electron chi connectivity index (χ1n) is 12.8. The summed E-state index contributed by atoms with van der Waals surface area (Å²) < 4.78 is 11.8. The quantitative estimate of drug-likeness (QED) is 0.416. The molecule has 2 aromatic heterocycles. The van der Waals surface area contributed by atoms with Gasteiger partial charge in [-0.05, 0) is 50.4 Å². The Morgan fingerprint density at radius 3 is 2.69 bits per heavy atom. The second kappa shape index (κ2) is 9.33. The standard InChI is InChI=1S/C25H32N8O3/c26-10-17-5-18(17)13-36-24-30-19(23(34)32-25-7-16(8-25)9-25)6-21(31-24)33-3-1-15(2-4-33)12-35-20-11-28-14-29-22(20)27/h6,11,14-18,23,32,34H,1-5,7-9,12-13H2,(H2,27,28,29)/t16?,17-,18+,23?,25?/m0/s1. The van der Waals surface area contributed by atoms with Crippen molar-refractivity contribution in [3.05, 3.63) is 24.3 Å². The van der Waals surface area contributed by atoms with E-state index in [9.17, 15) is 5.11 Å². The van der Waals surface area contributed by atoms with Crippen molar-refractivity contribution in [2.24, 2.45) is 23.7 Å². The highest BCUT2D eigenvalue weighted by atomic mass is 16.5. The van der Waals surface area contributed by atoms with Crippen molar-refractivity contribution >= 4 is 11.6 Å². The van der Waals surface area contributed by atoms with Gasteiger partial charge in [-0.1, -0.05) is 0 Å². The third-order valence-electron chi connectivity index (χ3n) is 8.11. The SMILES string of the molecule is N#C[C@@H]1C[C@@H]1COc1nc(C(O)NC23CC(C2)C3)cc(N2CCC(COc3cncnc3N)CC2)n1. The van der Waals surface area contributed by atoms with Gasteiger partial charge in [0.05, 0.1) is 37.1 Å². The average molecular weight is 493 g/mol. The van der Waals surface area contributed by atoms with Crippen LogP contribution in [0.15, 0.2) is 18.6 Å². The minimum atomic E-state index is -0.868. The van der Waals surface area contributed by atoms with Crippen molar-refractivity contribution in [2.45, 2.75) is 50.3 Å². The Labute approximate surface area is 210 Å². The number of nitrogens with one attached hydrogen (secondary N) is 1. The summed E-state index contributed by atoms with van der Waals surface area (Å²) in [6.07, 6.45) is 8.22. The van der Waals surface area contributed by atoms with Crippen LogP contribution in [0.4, 0.5) is 11.6 Å². The molecule has 4 saturated carbocycles. The summed E-state index contributed by atoms with van der Waals surface area (Å²) in [5.41, 5.74) is 6.44. The summed E-state index contributed by atoms with van der Waals surface area (Å²) in [5, 5.41) is 23.4. The fourth-order valence-electron chi connectivity index (χ4n) is 5.56. The molecule has 0 amide bonds. The molecule has 11 nitrogen and oxygen atoms in total. The second-order valence-electron chi connectivity index (χ2n) is 10.8. The van der Waals surface area contributed by atoms with E-state index in [2.05, 4.69) is 36.2 Å². The molecule has 36 heavy (non-hydrogen) atoms. The molecule has 1 aliphatic heterocycles. The molecule has 4 N–H and O–H groups in total. The summed E-state index contributed by atoms with van der Waals surface area (Å²) >= 11 is 0. The number of rotatable bonds is 10. The topological polar surface area (TPSA) is 155 Å². The first-order valence-corrected chi connectivity index (χ1v) is 12.8. The van der Waals surface area contributed by atoms with Crippen LogP contribution in [0.2, 0.25) is 0 Å². The van der Waals surface area contributed by atoms with Crippen LogP contribution >= 0.6 is 0 Å². The molecule has 5 fully saturated rings.